The average Bonchev–Trinajstić information content (AvgIpc) is 2.81. The van der Waals surface area contributed by atoms with Crippen LogP contribution in [0, 0.1) is 0 Å². The van der Waals surface area contributed by atoms with Gasteiger partial charge in [0, 0.05) is 26.7 Å². The van der Waals surface area contributed by atoms with Gasteiger partial charge in [-0.25, -0.2) is 0 Å². The molecule has 0 aromatic carbocycles. The summed E-state index contributed by atoms with van der Waals surface area (Å²) in [5, 5.41) is 7.39. The number of ether oxygens (including phenoxy) is 1. The number of piperazine rings is 1. The third-order valence-electron chi connectivity index (χ3n) is 3.20. The largest absolute Gasteiger partial charge is 0.372 e. The molecule has 2 heterocycles. The Morgan fingerprint density at radius 2 is 2.47 bits per heavy atom. The van der Waals surface area contributed by atoms with Gasteiger partial charge in [0.15, 0.2) is 5.82 Å². The third-order valence-corrected chi connectivity index (χ3v) is 3.20. The lowest BCUT2D eigenvalue weighted by molar-refractivity contribution is 0.0706. The van der Waals surface area contributed by atoms with Crippen LogP contribution in [0.15, 0.2) is 4.52 Å². The molecule has 2 unspecified atom stereocenters. The number of methoxy groups -OCH3 is 1. The quantitative estimate of drug-likeness (QED) is 0.837. The van der Waals surface area contributed by atoms with Crippen LogP contribution in [0.5, 0.6) is 0 Å². The highest BCUT2D eigenvalue weighted by molar-refractivity contribution is 4.99. The number of likely N-dealkylation sites (N-methyl/N-ethyl adjacent to an activating group) is 1. The van der Waals surface area contributed by atoms with Gasteiger partial charge >= 0.3 is 0 Å². The fourth-order valence-corrected chi connectivity index (χ4v) is 2.05. The van der Waals surface area contributed by atoms with Crippen LogP contribution in [-0.2, 0) is 4.74 Å². The normalized spacial score (nSPS) is 23.8. The Morgan fingerprint density at radius 1 is 1.65 bits per heavy atom. The number of aromatic nitrogens is 2. The fourth-order valence-electron chi connectivity index (χ4n) is 2.05. The maximum atomic E-state index is 5.29. The van der Waals surface area contributed by atoms with Crippen LogP contribution in [0.3, 0.4) is 0 Å². The van der Waals surface area contributed by atoms with E-state index in [0.717, 1.165) is 31.9 Å². The maximum Gasteiger partial charge on any atom is 0.255 e. The van der Waals surface area contributed by atoms with Gasteiger partial charge in [0.25, 0.3) is 5.89 Å². The van der Waals surface area contributed by atoms with Gasteiger partial charge in [-0.15, -0.1) is 0 Å². The number of hydrogen-bond donors (Lipinski definition) is 1. The topological polar surface area (TPSA) is 63.4 Å². The molecule has 1 N–H and O–H groups in total. The van der Waals surface area contributed by atoms with Gasteiger partial charge in [-0.2, -0.15) is 4.98 Å². The first-order valence-electron chi connectivity index (χ1n) is 6.03. The van der Waals surface area contributed by atoms with Crippen molar-refractivity contribution in [3.05, 3.63) is 11.7 Å². The molecular formula is C11H20N4O2. The van der Waals surface area contributed by atoms with E-state index >= 15 is 0 Å². The summed E-state index contributed by atoms with van der Waals surface area (Å²) >= 11 is 0. The van der Waals surface area contributed by atoms with E-state index in [4.69, 9.17) is 9.26 Å². The predicted molar refractivity (Wildman–Crippen MR) is 62.6 cm³/mol. The van der Waals surface area contributed by atoms with E-state index in [-0.39, 0.29) is 12.1 Å². The molecule has 0 saturated carbocycles. The first-order valence-corrected chi connectivity index (χ1v) is 6.03. The lowest BCUT2D eigenvalue weighted by Gasteiger charge is -2.30. The van der Waals surface area contributed by atoms with Crippen molar-refractivity contribution in [2.24, 2.45) is 0 Å². The summed E-state index contributed by atoms with van der Waals surface area (Å²) < 4.78 is 10.6. The van der Waals surface area contributed by atoms with E-state index < -0.39 is 0 Å². The lowest BCUT2D eigenvalue weighted by atomic mass is 10.2. The SMILES string of the molecule is CCC(OC)c1nc(C2CNCCN2C)no1. The number of nitrogens with one attached hydrogen (secondary N) is 1. The standard InChI is InChI=1S/C11H20N4O2/c1-4-9(16-3)11-13-10(14-17-11)8-7-12-5-6-15(8)2/h8-9,12H,4-7H2,1-3H3. The predicted octanol–water partition coefficient (Wildman–Crippen LogP) is 0.743. The van der Waals surface area contributed by atoms with Crippen LogP contribution >= 0.6 is 0 Å². The first-order chi connectivity index (χ1) is 8.26. The number of hydrogen-bond acceptors (Lipinski definition) is 6. The minimum absolute atomic E-state index is 0.0990. The van der Waals surface area contributed by atoms with E-state index in [9.17, 15) is 0 Å². The van der Waals surface area contributed by atoms with Crippen molar-refractivity contribution in [3.8, 4) is 0 Å². The van der Waals surface area contributed by atoms with E-state index in [2.05, 4.69) is 27.4 Å². The highest BCUT2D eigenvalue weighted by Gasteiger charge is 2.26. The molecule has 0 bridgehead atoms. The smallest absolute Gasteiger partial charge is 0.255 e. The zero-order chi connectivity index (χ0) is 12.3. The van der Waals surface area contributed by atoms with Crippen molar-refractivity contribution < 1.29 is 9.26 Å². The summed E-state index contributed by atoms with van der Waals surface area (Å²) in [7, 11) is 3.74. The van der Waals surface area contributed by atoms with Crippen LogP contribution in [0.2, 0.25) is 0 Å². The zero-order valence-electron chi connectivity index (χ0n) is 10.6. The summed E-state index contributed by atoms with van der Waals surface area (Å²) in [5.74, 6) is 1.31. The molecule has 1 fully saturated rings. The molecule has 0 amide bonds. The molecule has 1 aromatic rings. The van der Waals surface area contributed by atoms with Gasteiger partial charge in [-0.1, -0.05) is 12.1 Å². The van der Waals surface area contributed by atoms with Crippen molar-refractivity contribution in [1.82, 2.24) is 20.4 Å². The molecule has 1 aliphatic heterocycles. The van der Waals surface area contributed by atoms with Gasteiger partial charge in [0.1, 0.15) is 6.10 Å². The Labute approximate surface area is 101 Å². The molecule has 0 spiro atoms. The molecule has 6 nitrogen and oxygen atoms in total. The van der Waals surface area contributed by atoms with Gasteiger partial charge in [0.2, 0.25) is 0 Å². The lowest BCUT2D eigenvalue weighted by Crippen LogP contribution is -2.44. The van der Waals surface area contributed by atoms with Gasteiger partial charge in [0.05, 0.1) is 6.04 Å². The second kappa shape index (κ2) is 5.57. The minimum atomic E-state index is -0.0990. The molecule has 0 radical (unpaired) electrons. The fraction of sp³-hybridized carbons (Fsp3) is 0.818. The second-order valence-electron chi connectivity index (χ2n) is 4.32. The Bertz CT molecular complexity index is 351. The van der Waals surface area contributed by atoms with Crippen LogP contribution in [0.4, 0.5) is 0 Å². The summed E-state index contributed by atoms with van der Waals surface area (Å²) in [6.45, 7) is 4.90. The molecule has 1 aliphatic rings. The minimum Gasteiger partial charge on any atom is -0.372 e. The summed E-state index contributed by atoms with van der Waals surface area (Å²) in [5.41, 5.74) is 0. The molecular weight excluding hydrogens is 220 g/mol. The van der Waals surface area contributed by atoms with Gasteiger partial charge in [-0.3, -0.25) is 4.90 Å². The monoisotopic (exact) mass is 240 g/mol. The molecule has 2 rings (SSSR count). The average molecular weight is 240 g/mol. The second-order valence-corrected chi connectivity index (χ2v) is 4.32. The van der Waals surface area contributed by atoms with Crippen LogP contribution in [0.25, 0.3) is 0 Å². The van der Waals surface area contributed by atoms with Crippen LogP contribution < -0.4 is 5.32 Å². The Hall–Kier alpha value is -0.980. The Balaban J connectivity index is 2.11. The van der Waals surface area contributed by atoms with Crippen molar-refractivity contribution in [2.75, 3.05) is 33.8 Å². The Morgan fingerprint density at radius 3 is 3.12 bits per heavy atom. The Kier molecular flexibility index (Phi) is 4.09. The van der Waals surface area contributed by atoms with E-state index in [1.54, 1.807) is 7.11 Å². The highest BCUT2D eigenvalue weighted by Crippen LogP contribution is 2.22. The van der Waals surface area contributed by atoms with Crippen molar-refractivity contribution in [1.29, 1.82) is 0 Å². The molecule has 6 heteroatoms. The zero-order valence-corrected chi connectivity index (χ0v) is 10.6. The molecule has 1 aromatic heterocycles. The van der Waals surface area contributed by atoms with Gasteiger partial charge < -0.3 is 14.6 Å². The van der Waals surface area contributed by atoms with Crippen LogP contribution in [0.1, 0.15) is 37.2 Å². The molecule has 1 saturated heterocycles. The molecule has 0 aliphatic carbocycles. The van der Waals surface area contributed by atoms with Crippen molar-refractivity contribution >= 4 is 0 Å². The third kappa shape index (κ3) is 2.65. The van der Waals surface area contributed by atoms with E-state index in [1.165, 1.54) is 0 Å². The summed E-state index contributed by atoms with van der Waals surface area (Å²) in [4.78, 5) is 6.68. The van der Waals surface area contributed by atoms with Crippen LogP contribution in [-0.4, -0.2) is 48.8 Å². The molecule has 2 atom stereocenters. The van der Waals surface area contributed by atoms with Crippen molar-refractivity contribution in [3.63, 3.8) is 0 Å². The van der Waals surface area contributed by atoms with E-state index in [0.29, 0.717) is 5.89 Å². The van der Waals surface area contributed by atoms with Gasteiger partial charge in [-0.05, 0) is 13.5 Å². The van der Waals surface area contributed by atoms with Crippen molar-refractivity contribution in [2.45, 2.75) is 25.5 Å². The highest BCUT2D eigenvalue weighted by atomic mass is 16.5. The van der Waals surface area contributed by atoms with E-state index in [1.807, 2.05) is 6.92 Å². The number of rotatable bonds is 4. The number of nitrogens with zero attached hydrogens (tertiary/aromatic N) is 3. The molecule has 17 heavy (non-hydrogen) atoms. The summed E-state index contributed by atoms with van der Waals surface area (Å²) in [6, 6.07) is 0.190. The first kappa shape index (κ1) is 12.5. The summed E-state index contributed by atoms with van der Waals surface area (Å²) in [6.07, 6.45) is 0.731. The maximum absolute atomic E-state index is 5.29. The molecule has 96 valence electrons.